The molecule has 4 heteroatoms. The number of hydrogen-bond donors (Lipinski definition) is 2. The van der Waals surface area contributed by atoms with Gasteiger partial charge in [-0.15, -0.1) is 0 Å². The minimum atomic E-state index is -0.220. The summed E-state index contributed by atoms with van der Waals surface area (Å²) in [7, 11) is 1.48. The van der Waals surface area contributed by atoms with E-state index in [9.17, 15) is 15.0 Å². The predicted molar refractivity (Wildman–Crippen MR) is 67.7 cm³/mol. The van der Waals surface area contributed by atoms with E-state index in [-0.39, 0.29) is 24.2 Å². The van der Waals surface area contributed by atoms with Crippen LogP contribution >= 0.6 is 0 Å². The first-order chi connectivity index (χ1) is 8.62. The molecule has 0 unspecified atom stereocenters. The zero-order valence-corrected chi connectivity index (χ0v) is 10.4. The van der Waals surface area contributed by atoms with E-state index in [1.807, 2.05) is 6.92 Å². The molecule has 2 N–H and O–H groups in total. The Morgan fingerprint density at radius 3 is 2.72 bits per heavy atom. The molecule has 0 radical (unpaired) electrons. The van der Waals surface area contributed by atoms with E-state index in [1.165, 1.54) is 7.11 Å². The topological polar surface area (TPSA) is 66.8 Å². The number of aliphatic hydroxyl groups is 1. The van der Waals surface area contributed by atoms with E-state index in [2.05, 4.69) is 0 Å². The Hall–Kier alpha value is -1.81. The summed E-state index contributed by atoms with van der Waals surface area (Å²) in [6.07, 6.45) is 2.52. The highest BCUT2D eigenvalue weighted by molar-refractivity contribution is 5.85. The third-order valence-electron chi connectivity index (χ3n) is 3.56. The second-order valence-electron chi connectivity index (χ2n) is 4.49. The third-order valence-corrected chi connectivity index (χ3v) is 3.56. The Labute approximate surface area is 106 Å². The van der Waals surface area contributed by atoms with Crippen LogP contribution in [0.5, 0.6) is 11.5 Å². The SMILES string of the molecule is COc1cc2c(cc1O)[C@H](C)[C@@H](CO)C(C=O)=C2. The standard InChI is InChI=1S/C14H16O4/c1-8-11-5-13(17)14(18-2)4-9(11)3-10(6-15)12(8)7-16/h3-6,8,12,16-17H,7H2,1-2H3/t8-,12+/m0/s1. The van der Waals surface area contributed by atoms with Crippen LogP contribution in [0.15, 0.2) is 17.7 Å². The van der Waals surface area contributed by atoms with Crippen molar-refractivity contribution in [2.24, 2.45) is 5.92 Å². The number of phenolic OH excluding ortho intramolecular Hbond substituents is 1. The minimum absolute atomic E-state index is 0.0213. The highest BCUT2D eigenvalue weighted by Crippen LogP contribution is 2.41. The fraction of sp³-hybridized carbons (Fsp3) is 0.357. The molecular weight excluding hydrogens is 232 g/mol. The first-order valence-electron chi connectivity index (χ1n) is 5.80. The summed E-state index contributed by atoms with van der Waals surface area (Å²) in [5.41, 5.74) is 2.34. The van der Waals surface area contributed by atoms with Crippen LogP contribution in [0, 0.1) is 5.92 Å². The summed E-state index contributed by atoms with van der Waals surface area (Å²) in [6, 6.07) is 3.35. The molecule has 4 nitrogen and oxygen atoms in total. The molecule has 1 aromatic rings. The van der Waals surface area contributed by atoms with Crippen molar-refractivity contribution in [3.8, 4) is 11.5 Å². The number of aromatic hydroxyl groups is 1. The van der Waals surface area contributed by atoms with Crippen molar-refractivity contribution in [2.75, 3.05) is 13.7 Å². The molecule has 96 valence electrons. The van der Waals surface area contributed by atoms with Gasteiger partial charge in [0.1, 0.15) is 6.29 Å². The molecule has 0 saturated heterocycles. The van der Waals surface area contributed by atoms with Gasteiger partial charge < -0.3 is 14.9 Å². The van der Waals surface area contributed by atoms with Gasteiger partial charge in [0.15, 0.2) is 11.5 Å². The van der Waals surface area contributed by atoms with Crippen molar-refractivity contribution in [1.29, 1.82) is 0 Å². The number of methoxy groups -OCH3 is 1. The highest BCUT2D eigenvalue weighted by atomic mass is 16.5. The summed E-state index contributed by atoms with van der Waals surface area (Å²) in [4.78, 5) is 11.0. The fourth-order valence-electron chi connectivity index (χ4n) is 2.46. The average Bonchev–Trinajstić information content (AvgIpc) is 2.38. The fourth-order valence-corrected chi connectivity index (χ4v) is 2.46. The Kier molecular flexibility index (Phi) is 3.39. The number of ether oxygens (including phenoxy) is 1. The van der Waals surface area contributed by atoms with Gasteiger partial charge in [0, 0.05) is 5.92 Å². The number of carbonyl (C=O) groups excluding carboxylic acids is 1. The Balaban J connectivity index is 2.59. The van der Waals surface area contributed by atoms with Crippen LogP contribution < -0.4 is 4.74 Å². The van der Waals surface area contributed by atoms with Crippen molar-refractivity contribution in [3.05, 3.63) is 28.8 Å². The Morgan fingerprint density at radius 2 is 2.17 bits per heavy atom. The van der Waals surface area contributed by atoms with E-state index in [0.29, 0.717) is 11.3 Å². The van der Waals surface area contributed by atoms with Gasteiger partial charge in [0.05, 0.1) is 13.7 Å². The lowest BCUT2D eigenvalue weighted by atomic mass is 9.76. The number of hydrogen-bond acceptors (Lipinski definition) is 4. The smallest absolute Gasteiger partial charge is 0.161 e. The molecule has 2 rings (SSSR count). The first-order valence-corrected chi connectivity index (χ1v) is 5.80. The van der Waals surface area contributed by atoms with Crippen LogP contribution in [0.1, 0.15) is 24.0 Å². The second-order valence-corrected chi connectivity index (χ2v) is 4.49. The monoisotopic (exact) mass is 248 g/mol. The van der Waals surface area contributed by atoms with Crippen molar-refractivity contribution in [2.45, 2.75) is 12.8 Å². The summed E-state index contributed by atoms with van der Waals surface area (Å²) >= 11 is 0. The molecule has 0 aromatic heterocycles. The quantitative estimate of drug-likeness (QED) is 0.799. The number of phenols is 1. The zero-order chi connectivity index (χ0) is 13.3. The largest absolute Gasteiger partial charge is 0.504 e. The maximum absolute atomic E-state index is 11.0. The summed E-state index contributed by atoms with van der Waals surface area (Å²) in [5, 5.41) is 19.2. The van der Waals surface area contributed by atoms with Gasteiger partial charge in [-0.3, -0.25) is 4.79 Å². The third kappa shape index (κ3) is 1.88. The molecule has 1 aromatic carbocycles. The van der Waals surface area contributed by atoms with Crippen molar-refractivity contribution in [3.63, 3.8) is 0 Å². The minimum Gasteiger partial charge on any atom is -0.504 e. The molecule has 0 heterocycles. The number of benzene rings is 1. The van der Waals surface area contributed by atoms with Crippen molar-refractivity contribution >= 4 is 12.4 Å². The van der Waals surface area contributed by atoms with Crippen molar-refractivity contribution < 1.29 is 19.7 Å². The van der Waals surface area contributed by atoms with Crippen LogP contribution in [0.25, 0.3) is 6.08 Å². The number of rotatable bonds is 3. The van der Waals surface area contributed by atoms with Crippen LogP contribution in [-0.4, -0.2) is 30.2 Å². The summed E-state index contributed by atoms with van der Waals surface area (Å²) in [5.74, 6) is 0.211. The van der Waals surface area contributed by atoms with Gasteiger partial charge in [-0.25, -0.2) is 0 Å². The van der Waals surface area contributed by atoms with Gasteiger partial charge in [0.25, 0.3) is 0 Å². The number of aliphatic hydroxyl groups excluding tert-OH is 1. The maximum atomic E-state index is 11.0. The number of fused-ring (bicyclic) bond motifs is 1. The first kappa shape index (κ1) is 12.6. The van der Waals surface area contributed by atoms with Gasteiger partial charge in [-0.05, 0) is 40.8 Å². The Bertz CT molecular complexity index is 505. The van der Waals surface area contributed by atoms with E-state index < -0.39 is 0 Å². The molecule has 0 fully saturated rings. The molecule has 0 bridgehead atoms. The summed E-state index contributed by atoms with van der Waals surface area (Å²) in [6.45, 7) is 1.85. The molecule has 18 heavy (non-hydrogen) atoms. The summed E-state index contributed by atoms with van der Waals surface area (Å²) < 4.78 is 5.05. The molecule has 1 aliphatic rings. The molecule has 2 atom stereocenters. The number of aldehydes is 1. The van der Waals surface area contributed by atoms with Gasteiger partial charge >= 0.3 is 0 Å². The van der Waals surface area contributed by atoms with E-state index in [1.54, 1.807) is 18.2 Å². The maximum Gasteiger partial charge on any atom is 0.161 e. The zero-order valence-electron chi connectivity index (χ0n) is 10.4. The second kappa shape index (κ2) is 4.82. The van der Waals surface area contributed by atoms with E-state index in [0.717, 1.165) is 17.4 Å². The van der Waals surface area contributed by atoms with Crippen LogP contribution in [0.3, 0.4) is 0 Å². The lowest BCUT2D eigenvalue weighted by Crippen LogP contribution is -2.21. The van der Waals surface area contributed by atoms with Gasteiger partial charge in [-0.2, -0.15) is 0 Å². The highest BCUT2D eigenvalue weighted by Gasteiger charge is 2.28. The Morgan fingerprint density at radius 1 is 1.44 bits per heavy atom. The van der Waals surface area contributed by atoms with E-state index >= 15 is 0 Å². The molecular formula is C14H16O4. The predicted octanol–water partition coefficient (Wildman–Crippen LogP) is 1.71. The van der Waals surface area contributed by atoms with E-state index in [4.69, 9.17) is 4.74 Å². The number of carbonyl (C=O) groups is 1. The van der Waals surface area contributed by atoms with Gasteiger partial charge in [0.2, 0.25) is 0 Å². The molecule has 1 aliphatic carbocycles. The molecule has 0 saturated carbocycles. The van der Waals surface area contributed by atoms with Gasteiger partial charge in [-0.1, -0.05) is 6.92 Å². The van der Waals surface area contributed by atoms with Crippen molar-refractivity contribution in [1.82, 2.24) is 0 Å². The lowest BCUT2D eigenvalue weighted by molar-refractivity contribution is -0.105. The van der Waals surface area contributed by atoms with Crippen LogP contribution in [0.2, 0.25) is 0 Å². The normalized spacial score (nSPS) is 22.1. The molecule has 0 amide bonds. The average molecular weight is 248 g/mol. The van der Waals surface area contributed by atoms with Crippen LogP contribution in [0.4, 0.5) is 0 Å². The lowest BCUT2D eigenvalue weighted by Gasteiger charge is -2.29. The molecule has 0 spiro atoms. The molecule has 0 aliphatic heterocycles. The van der Waals surface area contributed by atoms with Crippen LogP contribution in [-0.2, 0) is 4.79 Å².